The van der Waals surface area contributed by atoms with Gasteiger partial charge in [-0.15, -0.1) is 0 Å². The molecule has 3 heterocycles. The number of nitrogens with zero attached hydrogens (tertiary/aromatic N) is 3. The highest BCUT2D eigenvalue weighted by molar-refractivity contribution is 9.11. The molecule has 5 heteroatoms. The van der Waals surface area contributed by atoms with Crippen LogP contribution in [0.3, 0.4) is 0 Å². The molecule has 116 valence electrons. The SMILES string of the molecule is CC1(C)Cc2ccccc2C(c2cnn3c(Br)cc(Br)c3c2)=N1. The number of hydrogen-bond acceptors (Lipinski definition) is 2. The molecule has 2 aromatic heterocycles. The summed E-state index contributed by atoms with van der Waals surface area (Å²) < 4.78 is 3.81. The lowest BCUT2D eigenvalue weighted by Gasteiger charge is -2.29. The van der Waals surface area contributed by atoms with Crippen molar-refractivity contribution in [3.63, 3.8) is 0 Å². The molecule has 0 radical (unpaired) electrons. The normalized spacial score (nSPS) is 16.3. The Bertz CT molecular complexity index is 954. The fourth-order valence-electron chi connectivity index (χ4n) is 3.13. The quantitative estimate of drug-likeness (QED) is 0.530. The van der Waals surface area contributed by atoms with Crippen LogP contribution in [-0.2, 0) is 6.42 Å². The van der Waals surface area contributed by atoms with Crippen LogP contribution in [0, 0.1) is 0 Å². The molecule has 0 fully saturated rings. The minimum absolute atomic E-state index is 0.102. The number of halogens is 2. The summed E-state index contributed by atoms with van der Waals surface area (Å²) >= 11 is 7.12. The van der Waals surface area contributed by atoms with Crippen LogP contribution in [0.25, 0.3) is 5.52 Å². The third-order valence-electron chi connectivity index (χ3n) is 4.11. The van der Waals surface area contributed by atoms with Crippen molar-refractivity contribution in [1.29, 1.82) is 0 Å². The Morgan fingerprint density at radius 1 is 1.13 bits per heavy atom. The van der Waals surface area contributed by atoms with Gasteiger partial charge in [0, 0.05) is 15.6 Å². The molecule has 0 amide bonds. The van der Waals surface area contributed by atoms with Gasteiger partial charge in [-0.05, 0) is 69.8 Å². The summed E-state index contributed by atoms with van der Waals surface area (Å²) in [5.41, 5.74) is 5.55. The van der Waals surface area contributed by atoms with Crippen molar-refractivity contribution in [3.8, 4) is 0 Å². The van der Waals surface area contributed by atoms with Gasteiger partial charge < -0.3 is 0 Å². The first-order valence-electron chi connectivity index (χ1n) is 7.46. The van der Waals surface area contributed by atoms with Crippen LogP contribution < -0.4 is 0 Å². The van der Waals surface area contributed by atoms with Gasteiger partial charge in [0.2, 0.25) is 0 Å². The largest absolute Gasteiger partial charge is 0.278 e. The minimum atomic E-state index is -0.102. The van der Waals surface area contributed by atoms with E-state index < -0.39 is 0 Å². The van der Waals surface area contributed by atoms with E-state index in [-0.39, 0.29) is 5.54 Å². The highest BCUT2D eigenvalue weighted by Gasteiger charge is 2.27. The van der Waals surface area contributed by atoms with Crippen LogP contribution in [0.4, 0.5) is 0 Å². The Kier molecular flexibility index (Phi) is 3.46. The predicted octanol–water partition coefficient (Wildman–Crippen LogP) is 5.03. The molecular formula is C18H15Br2N3. The smallest absolute Gasteiger partial charge is 0.109 e. The Labute approximate surface area is 151 Å². The van der Waals surface area contributed by atoms with Gasteiger partial charge >= 0.3 is 0 Å². The molecule has 0 aliphatic carbocycles. The van der Waals surface area contributed by atoms with Gasteiger partial charge in [-0.3, -0.25) is 4.99 Å². The van der Waals surface area contributed by atoms with Gasteiger partial charge in [0.1, 0.15) is 4.60 Å². The molecule has 0 saturated heterocycles. The molecule has 4 rings (SSSR count). The van der Waals surface area contributed by atoms with E-state index in [1.807, 2.05) is 16.8 Å². The Balaban J connectivity index is 1.95. The van der Waals surface area contributed by atoms with E-state index in [4.69, 9.17) is 4.99 Å². The average Bonchev–Trinajstić information content (AvgIpc) is 2.80. The summed E-state index contributed by atoms with van der Waals surface area (Å²) in [4.78, 5) is 5.01. The number of benzene rings is 1. The zero-order valence-electron chi connectivity index (χ0n) is 12.8. The van der Waals surface area contributed by atoms with Crippen molar-refractivity contribution >= 4 is 43.1 Å². The lowest BCUT2D eigenvalue weighted by atomic mass is 9.85. The number of aromatic nitrogens is 2. The Hall–Kier alpha value is -1.46. The third-order valence-corrected chi connectivity index (χ3v) is 5.31. The van der Waals surface area contributed by atoms with E-state index >= 15 is 0 Å². The van der Waals surface area contributed by atoms with Crippen LogP contribution >= 0.6 is 31.9 Å². The molecule has 3 nitrogen and oxygen atoms in total. The van der Waals surface area contributed by atoms with Crippen LogP contribution in [0.2, 0.25) is 0 Å². The molecule has 0 bridgehead atoms. The first-order valence-corrected chi connectivity index (χ1v) is 9.04. The first-order chi connectivity index (χ1) is 10.9. The number of aliphatic imine (C=N–C) groups is 1. The molecule has 23 heavy (non-hydrogen) atoms. The molecule has 0 N–H and O–H groups in total. The topological polar surface area (TPSA) is 29.7 Å². The fraction of sp³-hybridized carbons (Fsp3) is 0.222. The van der Waals surface area contributed by atoms with Crippen molar-refractivity contribution in [2.24, 2.45) is 4.99 Å². The number of fused-ring (bicyclic) bond motifs is 2. The standard InChI is InChI=1S/C18H15Br2N3/c1-18(2)9-11-5-3-4-6-13(11)17(22-18)12-7-15-14(19)8-16(20)23(15)21-10-12/h3-8,10H,9H2,1-2H3. The van der Waals surface area contributed by atoms with Crippen molar-refractivity contribution in [2.75, 3.05) is 0 Å². The van der Waals surface area contributed by atoms with E-state index in [9.17, 15) is 0 Å². The van der Waals surface area contributed by atoms with Gasteiger partial charge in [0.05, 0.1) is 23.0 Å². The van der Waals surface area contributed by atoms with E-state index in [0.717, 1.165) is 32.3 Å². The maximum atomic E-state index is 5.01. The monoisotopic (exact) mass is 431 g/mol. The zero-order valence-corrected chi connectivity index (χ0v) is 16.0. The predicted molar refractivity (Wildman–Crippen MR) is 100 cm³/mol. The van der Waals surface area contributed by atoms with Crippen LogP contribution in [0.15, 0.2) is 56.7 Å². The molecule has 0 atom stereocenters. The summed E-state index contributed by atoms with van der Waals surface area (Å²) in [7, 11) is 0. The van der Waals surface area contributed by atoms with E-state index in [1.54, 1.807) is 0 Å². The molecule has 1 aromatic carbocycles. The lowest BCUT2D eigenvalue weighted by Crippen LogP contribution is -2.29. The summed E-state index contributed by atoms with van der Waals surface area (Å²) in [6, 6.07) is 12.7. The first kappa shape index (κ1) is 15.1. The van der Waals surface area contributed by atoms with Crippen molar-refractivity contribution < 1.29 is 0 Å². The number of rotatable bonds is 1. The summed E-state index contributed by atoms with van der Waals surface area (Å²) in [5, 5.41) is 4.56. The molecule has 1 aliphatic rings. The van der Waals surface area contributed by atoms with Gasteiger partial charge in [-0.2, -0.15) is 5.10 Å². The molecule has 0 unspecified atom stereocenters. The molecule has 1 aliphatic heterocycles. The van der Waals surface area contributed by atoms with Crippen molar-refractivity contribution in [2.45, 2.75) is 25.8 Å². The minimum Gasteiger partial charge on any atom is -0.278 e. The van der Waals surface area contributed by atoms with E-state index in [0.29, 0.717) is 0 Å². The summed E-state index contributed by atoms with van der Waals surface area (Å²) in [5.74, 6) is 0. The second-order valence-corrected chi connectivity index (χ2v) is 8.13. The van der Waals surface area contributed by atoms with E-state index in [1.165, 1.54) is 11.1 Å². The third kappa shape index (κ3) is 2.56. The molecule has 0 spiro atoms. The van der Waals surface area contributed by atoms with Crippen LogP contribution in [-0.4, -0.2) is 20.9 Å². The van der Waals surface area contributed by atoms with Crippen LogP contribution in [0.5, 0.6) is 0 Å². The van der Waals surface area contributed by atoms with Crippen molar-refractivity contribution in [1.82, 2.24) is 9.61 Å². The maximum absolute atomic E-state index is 5.01. The summed E-state index contributed by atoms with van der Waals surface area (Å²) in [6.07, 6.45) is 2.85. The zero-order chi connectivity index (χ0) is 16.2. The Morgan fingerprint density at radius 2 is 1.91 bits per heavy atom. The van der Waals surface area contributed by atoms with Gasteiger partial charge in [-0.25, -0.2) is 4.52 Å². The second kappa shape index (κ2) is 5.28. The lowest BCUT2D eigenvalue weighted by molar-refractivity contribution is 0.513. The van der Waals surface area contributed by atoms with Crippen molar-refractivity contribution in [3.05, 3.63) is 68.4 Å². The van der Waals surface area contributed by atoms with Gasteiger partial charge in [0.15, 0.2) is 0 Å². The maximum Gasteiger partial charge on any atom is 0.109 e. The second-order valence-electron chi connectivity index (χ2n) is 6.46. The van der Waals surface area contributed by atoms with Gasteiger partial charge in [-0.1, -0.05) is 24.3 Å². The van der Waals surface area contributed by atoms with Gasteiger partial charge in [0.25, 0.3) is 0 Å². The summed E-state index contributed by atoms with van der Waals surface area (Å²) in [6.45, 7) is 4.36. The molecule has 0 saturated carbocycles. The average molecular weight is 433 g/mol. The fourth-order valence-corrected chi connectivity index (χ4v) is 4.45. The van der Waals surface area contributed by atoms with E-state index in [2.05, 4.69) is 81.1 Å². The molecular weight excluding hydrogens is 418 g/mol. The Morgan fingerprint density at radius 3 is 2.74 bits per heavy atom. The number of hydrogen-bond donors (Lipinski definition) is 0. The highest BCUT2D eigenvalue weighted by atomic mass is 79.9. The highest BCUT2D eigenvalue weighted by Crippen LogP contribution is 2.31. The molecule has 3 aromatic rings. The van der Waals surface area contributed by atoms with Crippen LogP contribution in [0.1, 0.15) is 30.5 Å².